The Balaban J connectivity index is 0.00000361. The van der Waals surface area contributed by atoms with E-state index in [1.165, 1.54) is 0 Å². The molecule has 0 spiro atoms. The van der Waals surface area contributed by atoms with Crippen LogP contribution in [0, 0.1) is 0 Å². The van der Waals surface area contributed by atoms with Crippen molar-refractivity contribution in [2.45, 2.75) is 26.7 Å². The number of hydrogen-bond acceptors (Lipinski definition) is 6. The summed E-state index contributed by atoms with van der Waals surface area (Å²) in [7, 11) is 0. The van der Waals surface area contributed by atoms with Gasteiger partial charge in [-0.3, -0.25) is 0 Å². The molecule has 0 unspecified atom stereocenters. The monoisotopic (exact) mass is 484 g/mol. The van der Waals surface area contributed by atoms with Gasteiger partial charge < -0.3 is 18.9 Å². The van der Waals surface area contributed by atoms with Crippen molar-refractivity contribution in [3.05, 3.63) is 120 Å². The van der Waals surface area contributed by atoms with Crippen LogP contribution in [0.4, 0.5) is 9.59 Å². The lowest BCUT2D eigenvalue weighted by Gasteiger charge is -2.26. The van der Waals surface area contributed by atoms with Crippen molar-refractivity contribution in [1.82, 2.24) is 0 Å². The van der Waals surface area contributed by atoms with Crippen molar-refractivity contribution in [3.63, 3.8) is 0 Å². The van der Waals surface area contributed by atoms with Gasteiger partial charge in [-0.15, -0.1) is 0 Å². The third-order valence-corrected chi connectivity index (χ3v) is 5.44. The fraction of sp³-hybridized carbons (Fsp3) is 0.133. The summed E-state index contributed by atoms with van der Waals surface area (Å²) in [5.41, 5.74) is 1.67. The van der Waals surface area contributed by atoms with Crippen LogP contribution in [0.15, 0.2) is 109 Å². The number of ether oxygens (including phenoxy) is 4. The highest BCUT2D eigenvalue weighted by molar-refractivity contribution is 5.67. The maximum Gasteiger partial charge on any atom is 0.519 e. The fourth-order valence-electron chi connectivity index (χ4n) is 3.45. The van der Waals surface area contributed by atoms with E-state index in [1.54, 1.807) is 72.8 Å². The zero-order valence-corrected chi connectivity index (χ0v) is 19.3. The van der Waals surface area contributed by atoms with Crippen LogP contribution in [0.3, 0.4) is 0 Å². The summed E-state index contributed by atoms with van der Waals surface area (Å²) in [6.07, 6.45) is -1.60. The molecule has 6 nitrogen and oxygen atoms in total. The second-order valence-corrected chi connectivity index (χ2v) is 8.21. The largest absolute Gasteiger partial charge is 0.519 e. The first kappa shape index (κ1) is 26.0. The van der Waals surface area contributed by atoms with Crippen LogP contribution in [0.1, 0.15) is 32.4 Å². The van der Waals surface area contributed by atoms with Crippen molar-refractivity contribution < 1.29 is 28.5 Å². The van der Waals surface area contributed by atoms with Gasteiger partial charge in [0.2, 0.25) is 0 Å². The molecule has 4 aromatic rings. The second-order valence-electron chi connectivity index (χ2n) is 8.21. The predicted molar refractivity (Wildman–Crippen MR) is 138 cm³/mol. The van der Waals surface area contributed by atoms with E-state index < -0.39 is 12.3 Å². The average molecular weight is 485 g/mol. The zero-order chi connectivity index (χ0) is 24.7. The number of para-hydroxylation sites is 2. The van der Waals surface area contributed by atoms with Crippen molar-refractivity contribution >= 4 is 12.3 Å². The fourth-order valence-corrected chi connectivity index (χ4v) is 3.45. The lowest BCUT2D eigenvalue weighted by atomic mass is 9.78. The first-order chi connectivity index (χ1) is 16.9. The molecule has 0 heterocycles. The smallest absolute Gasteiger partial charge is 0.395 e. The average Bonchev–Trinajstić information content (AvgIpc) is 2.86. The Hall–Kier alpha value is -4.58. The number of carbonyl (C=O) groups is 2. The molecule has 0 aromatic heterocycles. The molecule has 0 saturated carbocycles. The number of benzene rings is 4. The van der Waals surface area contributed by atoms with E-state index in [4.69, 9.17) is 18.9 Å². The lowest BCUT2D eigenvalue weighted by Crippen LogP contribution is -2.19. The molecule has 0 aliphatic carbocycles. The summed E-state index contributed by atoms with van der Waals surface area (Å²) >= 11 is 0. The lowest BCUT2D eigenvalue weighted by molar-refractivity contribution is 0.150. The molecule has 6 heteroatoms. The van der Waals surface area contributed by atoms with Gasteiger partial charge >= 0.3 is 12.3 Å². The molecular weight excluding hydrogens is 456 g/mol. The van der Waals surface area contributed by atoms with E-state index >= 15 is 0 Å². The van der Waals surface area contributed by atoms with E-state index in [1.807, 2.05) is 36.4 Å². The number of hydrogen-bond donors (Lipinski definition) is 0. The number of rotatable bonds is 6. The first-order valence-corrected chi connectivity index (χ1v) is 11.0. The van der Waals surface area contributed by atoms with Crippen molar-refractivity contribution in [3.8, 4) is 23.0 Å². The zero-order valence-electron chi connectivity index (χ0n) is 19.3. The second kappa shape index (κ2) is 11.7. The highest BCUT2D eigenvalue weighted by Crippen LogP contribution is 2.33. The first-order valence-electron chi connectivity index (χ1n) is 11.0. The van der Waals surface area contributed by atoms with Crippen LogP contribution in [-0.2, 0) is 5.41 Å². The topological polar surface area (TPSA) is 71.1 Å². The number of carbonyl (C=O) groups excluding carboxylic acids is 2. The molecule has 0 saturated heterocycles. The van der Waals surface area contributed by atoms with Gasteiger partial charge in [0.05, 0.1) is 0 Å². The third kappa shape index (κ3) is 6.73. The summed E-state index contributed by atoms with van der Waals surface area (Å²) in [4.78, 5) is 24.0. The SMILES string of the molecule is C.CC(C)(c1ccc(OC(=O)Oc2ccccc2)cc1)c1ccc(OC(=O)Oc2ccccc2)cc1. The van der Waals surface area contributed by atoms with E-state index in [-0.39, 0.29) is 12.8 Å². The van der Waals surface area contributed by atoms with E-state index in [0.29, 0.717) is 23.0 Å². The Kier molecular flexibility index (Phi) is 8.47. The summed E-state index contributed by atoms with van der Waals surface area (Å²) in [5.74, 6) is 1.59. The molecule has 0 bridgehead atoms. The summed E-state index contributed by atoms with van der Waals surface area (Å²) < 4.78 is 20.8. The minimum atomic E-state index is -0.801. The van der Waals surface area contributed by atoms with Crippen LogP contribution in [0.5, 0.6) is 23.0 Å². The maximum atomic E-state index is 12.0. The Morgan fingerprint density at radius 1 is 0.472 bits per heavy atom. The quantitative estimate of drug-likeness (QED) is 0.205. The van der Waals surface area contributed by atoms with E-state index in [9.17, 15) is 9.59 Å². The molecule has 0 N–H and O–H groups in total. The van der Waals surface area contributed by atoms with Gasteiger partial charge in [-0.25, -0.2) is 9.59 Å². The Morgan fingerprint density at radius 2 is 0.750 bits per heavy atom. The molecule has 0 aliphatic heterocycles. The van der Waals surface area contributed by atoms with Gasteiger partial charge in [0, 0.05) is 5.41 Å². The summed E-state index contributed by atoms with van der Waals surface area (Å²) in [6, 6.07) is 31.9. The Labute approximate surface area is 211 Å². The van der Waals surface area contributed by atoms with Gasteiger partial charge in [-0.1, -0.05) is 81.9 Å². The molecule has 184 valence electrons. The van der Waals surface area contributed by atoms with Gasteiger partial charge in [0.25, 0.3) is 0 Å². The molecule has 0 radical (unpaired) electrons. The van der Waals surface area contributed by atoms with Crippen molar-refractivity contribution in [2.75, 3.05) is 0 Å². The summed E-state index contributed by atoms with van der Waals surface area (Å²) in [5, 5.41) is 0. The van der Waals surface area contributed by atoms with Crippen LogP contribution in [-0.4, -0.2) is 12.3 Å². The summed E-state index contributed by atoms with van der Waals surface area (Å²) in [6.45, 7) is 4.15. The Morgan fingerprint density at radius 3 is 1.06 bits per heavy atom. The normalized spacial score (nSPS) is 10.5. The van der Waals surface area contributed by atoms with Crippen molar-refractivity contribution in [2.24, 2.45) is 0 Å². The molecular formula is C30H28O6. The maximum absolute atomic E-state index is 12.0. The molecule has 0 atom stereocenters. The van der Waals surface area contributed by atoms with E-state index in [2.05, 4.69) is 13.8 Å². The molecule has 4 rings (SSSR count). The van der Waals surface area contributed by atoms with Gasteiger partial charge in [-0.05, 0) is 59.7 Å². The highest BCUT2D eigenvalue weighted by Gasteiger charge is 2.23. The molecule has 0 amide bonds. The Bertz CT molecular complexity index is 1160. The highest BCUT2D eigenvalue weighted by atomic mass is 16.7. The van der Waals surface area contributed by atoms with Gasteiger partial charge in [-0.2, -0.15) is 0 Å². The predicted octanol–water partition coefficient (Wildman–Crippen LogP) is 7.80. The standard InChI is InChI=1S/C29H24O6.CH4/c1-29(2,21-13-17-25(18-14-21)34-27(30)32-23-9-5-3-6-10-23)22-15-19-26(20-16-22)35-28(31)33-24-11-7-4-8-12-24;/h3-20H,1-2H3;1H4. The molecule has 0 aliphatic rings. The van der Waals surface area contributed by atoms with Crippen molar-refractivity contribution in [1.29, 1.82) is 0 Å². The van der Waals surface area contributed by atoms with Crippen LogP contribution < -0.4 is 18.9 Å². The minimum Gasteiger partial charge on any atom is -0.395 e. The molecule has 4 aromatic carbocycles. The third-order valence-electron chi connectivity index (χ3n) is 5.44. The van der Waals surface area contributed by atoms with Crippen LogP contribution in [0.2, 0.25) is 0 Å². The van der Waals surface area contributed by atoms with E-state index in [0.717, 1.165) is 11.1 Å². The van der Waals surface area contributed by atoms with Crippen LogP contribution in [0.25, 0.3) is 0 Å². The minimum absolute atomic E-state index is 0. The van der Waals surface area contributed by atoms with Gasteiger partial charge in [0.15, 0.2) is 0 Å². The van der Waals surface area contributed by atoms with Crippen LogP contribution >= 0.6 is 0 Å². The molecule has 0 fully saturated rings. The molecule has 36 heavy (non-hydrogen) atoms. The van der Waals surface area contributed by atoms with Gasteiger partial charge in [0.1, 0.15) is 23.0 Å².